The van der Waals surface area contributed by atoms with Crippen LogP contribution in [0, 0.1) is 7.14 Å². The summed E-state index contributed by atoms with van der Waals surface area (Å²) < 4.78 is 14.5. The van der Waals surface area contributed by atoms with Crippen LogP contribution < -0.4 is 9.47 Å². The van der Waals surface area contributed by atoms with Crippen molar-refractivity contribution in [1.29, 1.82) is 0 Å². The van der Waals surface area contributed by atoms with Crippen molar-refractivity contribution >= 4 is 45.2 Å². The molecule has 2 rings (SSSR count). The molecule has 0 radical (unpaired) electrons. The van der Waals surface area contributed by atoms with Crippen LogP contribution in [0.3, 0.4) is 0 Å². The van der Waals surface area contributed by atoms with Gasteiger partial charge in [0.15, 0.2) is 0 Å². The Morgan fingerprint density at radius 2 is 1.19 bits per heavy atom. The average molecular weight is 662 g/mol. The average Bonchev–Trinajstić information content (AvgIpc) is 2.71. The maximum atomic E-state index is 6.07. The summed E-state index contributed by atoms with van der Waals surface area (Å²) in [7, 11) is 0. The largest absolute Gasteiger partial charge is 0.492 e. The van der Waals surface area contributed by atoms with Gasteiger partial charge >= 0.3 is 0 Å². The van der Waals surface area contributed by atoms with Crippen LogP contribution in [0.15, 0.2) is 36.4 Å². The topological polar surface area (TPSA) is 18.5 Å². The molecule has 0 heterocycles. The highest BCUT2D eigenvalue weighted by Gasteiger charge is 2.21. The van der Waals surface area contributed by atoms with E-state index in [1.807, 2.05) is 0 Å². The number of benzene rings is 2. The molecule has 0 amide bonds. The summed E-state index contributed by atoms with van der Waals surface area (Å²) in [6.07, 6.45) is 7.07. The molecule has 0 aliphatic heterocycles. The highest BCUT2D eigenvalue weighted by molar-refractivity contribution is 14.1. The van der Waals surface area contributed by atoms with E-state index in [9.17, 15) is 0 Å². The molecule has 2 aromatic rings. The Labute approximate surface area is 223 Å². The Morgan fingerprint density at radius 1 is 0.688 bits per heavy atom. The molecule has 2 nitrogen and oxygen atoms in total. The van der Waals surface area contributed by atoms with Crippen LogP contribution in [0.1, 0.15) is 91.2 Å². The zero-order chi connectivity index (χ0) is 23.8. The third-order valence-electron chi connectivity index (χ3n) is 5.97. The Kier molecular flexibility index (Phi) is 11.1. The van der Waals surface area contributed by atoms with E-state index in [-0.39, 0.29) is 10.8 Å². The fraction of sp³-hybridized carbons (Fsp3) is 0.571. The predicted octanol–water partition coefficient (Wildman–Crippen LogP) is 9.29. The summed E-state index contributed by atoms with van der Waals surface area (Å²) in [4.78, 5) is 0. The lowest BCUT2D eigenvalue weighted by Crippen LogP contribution is -2.17. The summed E-state index contributed by atoms with van der Waals surface area (Å²) in [5, 5.41) is 0. The van der Waals surface area contributed by atoms with Gasteiger partial charge in [-0.1, -0.05) is 72.9 Å². The number of ether oxygens (including phenoxy) is 2. The second-order valence-electron chi connectivity index (χ2n) is 10.3. The van der Waals surface area contributed by atoms with Crippen LogP contribution in [0.2, 0.25) is 0 Å². The van der Waals surface area contributed by atoms with Crippen molar-refractivity contribution in [2.45, 2.75) is 90.9 Å². The van der Waals surface area contributed by atoms with E-state index >= 15 is 0 Å². The number of unbranched alkanes of at least 4 members (excludes halogenated alkanes) is 3. The normalized spacial score (nSPS) is 12.1. The second-order valence-corrected chi connectivity index (χ2v) is 12.6. The lowest BCUT2D eigenvalue weighted by Gasteiger charge is -2.26. The Bertz CT molecular complexity index is 853. The fourth-order valence-electron chi connectivity index (χ4n) is 3.65. The van der Waals surface area contributed by atoms with Gasteiger partial charge in [0.25, 0.3) is 0 Å². The SMILES string of the molecule is CCCCCC(C)(C)c1ccc(OCCCCOc2ccc(C(C)(C)C)cc2I)c(I)c1. The van der Waals surface area contributed by atoms with Crippen LogP contribution in [-0.4, -0.2) is 13.2 Å². The third-order valence-corrected chi connectivity index (χ3v) is 7.66. The quantitative estimate of drug-likeness (QED) is 0.167. The third kappa shape index (κ3) is 8.69. The van der Waals surface area contributed by atoms with E-state index in [1.165, 1.54) is 44.0 Å². The number of hydrogen-bond donors (Lipinski definition) is 0. The Hall–Kier alpha value is -0.500. The smallest absolute Gasteiger partial charge is 0.132 e. The van der Waals surface area contributed by atoms with Gasteiger partial charge in [0.1, 0.15) is 11.5 Å². The second kappa shape index (κ2) is 12.8. The van der Waals surface area contributed by atoms with Gasteiger partial charge in [0.05, 0.1) is 20.4 Å². The minimum atomic E-state index is 0.163. The summed E-state index contributed by atoms with van der Waals surface area (Å²) in [5.41, 5.74) is 3.13. The first kappa shape index (κ1) is 27.7. The Morgan fingerprint density at radius 3 is 1.66 bits per heavy atom. The monoisotopic (exact) mass is 662 g/mol. The lowest BCUT2D eigenvalue weighted by molar-refractivity contribution is 0.264. The molecule has 0 saturated heterocycles. The maximum absolute atomic E-state index is 6.07. The van der Waals surface area contributed by atoms with Crippen molar-refractivity contribution in [3.8, 4) is 11.5 Å². The molecule has 0 aromatic heterocycles. The van der Waals surface area contributed by atoms with Crippen LogP contribution in [0.5, 0.6) is 11.5 Å². The zero-order valence-corrected chi connectivity index (χ0v) is 25.0. The number of rotatable bonds is 12. The molecule has 0 bridgehead atoms. The summed E-state index contributed by atoms with van der Waals surface area (Å²) in [6.45, 7) is 15.1. The van der Waals surface area contributed by atoms with E-state index in [4.69, 9.17) is 9.47 Å². The summed E-state index contributed by atoms with van der Waals surface area (Å²) >= 11 is 4.78. The van der Waals surface area contributed by atoms with E-state index < -0.39 is 0 Å². The van der Waals surface area contributed by atoms with Crippen molar-refractivity contribution in [3.05, 3.63) is 54.7 Å². The molecule has 0 atom stereocenters. The minimum Gasteiger partial charge on any atom is -0.492 e. The van der Waals surface area contributed by atoms with Crippen molar-refractivity contribution in [2.24, 2.45) is 0 Å². The molecule has 0 fully saturated rings. The molecule has 32 heavy (non-hydrogen) atoms. The number of halogens is 2. The highest BCUT2D eigenvalue weighted by atomic mass is 127. The van der Waals surface area contributed by atoms with Crippen molar-refractivity contribution in [3.63, 3.8) is 0 Å². The van der Waals surface area contributed by atoms with E-state index in [0.717, 1.165) is 37.6 Å². The number of hydrogen-bond acceptors (Lipinski definition) is 2. The molecule has 4 heteroatoms. The molecule has 0 aliphatic rings. The van der Waals surface area contributed by atoms with Gasteiger partial charge in [-0.2, -0.15) is 0 Å². The van der Waals surface area contributed by atoms with Gasteiger partial charge in [0.2, 0.25) is 0 Å². The summed E-state index contributed by atoms with van der Waals surface area (Å²) in [6, 6.07) is 13.2. The molecule has 2 aromatic carbocycles. The fourth-order valence-corrected chi connectivity index (χ4v) is 4.99. The van der Waals surface area contributed by atoms with Crippen LogP contribution in [0.25, 0.3) is 0 Å². The standard InChI is InChI=1S/C28H40I2O2/c1-7-8-9-16-28(5,6)22-13-15-26(24(30)20-22)32-18-11-10-17-31-25-14-12-21(19-23(25)29)27(2,3)4/h12-15,19-20H,7-11,16-18H2,1-6H3. The molecule has 0 spiro atoms. The van der Waals surface area contributed by atoms with Crippen LogP contribution in [-0.2, 0) is 10.8 Å². The molecule has 0 saturated carbocycles. The van der Waals surface area contributed by atoms with E-state index in [0.29, 0.717) is 0 Å². The van der Waals surface area contributed by atoms with Crippen LogP contribution in [0.4, 0.5) is 0 Å². The maximum Gasteiger partial charge on any atom is 0.132 e. The molecule has 0 N–H and O–H groups in total. The van der Waals surface area contributed by atoms with E-state index in [1.54, 1.807) is 0 Å². The summed E-state index contributed by atoms with van der Waals surface area (Å²) in [5.74, 6) is 1.97. The zero-order valence-electron chi connectivity index (χ0n) is 20.7. The molecule has 0 unspecified atom stereocenters. The van der Waals surface area contributed by atoms with Crippen molar-refractivity contribution < 1.29 is 9.47 Å². The van der Waals surface area contributed by atoms with Gasteiger partial charge < -0.3 is 9.47 Å². The Balaban J connectivity index is 1.76. The van der Waals surface area contributed by atoms with Gasteiger partial charge in [-0.25, -0.2) is 0 Å². The van der Waals surface area contributed by atoms with Crippen molar-refractivity contribution in [2.75, 3.05) is 13.2 Å². The molecular formula is C28H40I2O2. The minimum absolute atomic E-state index is 0.163. The molecular weight excluding hydrogens is 622 g/mol. The first-order valence-electron chi connectivity index (χ1n) is 11.9. The van der Waals surface area contributed by atoms with Crippen LogP contribution >= 0.6 is 45.2 Å². The van der Waals surface area contributed by atoms with Crippen molar-refractivity contribution in [1.82, 2.24) is 0 Å². The molecule has 178 valence electrons. The first-order valence-corrected chi connectivity index (χ1v) is 14.1. The lowest BCUT2D eigenvalue weighted by atomic mass is 9.80. The van der Waals surface area contributed by atoms with Gasteiger partial charge in [-0.15, -0.1) is 0 Å². The highest BCUT2D eigenvalue weighted by Crippen LogP contribution is 2.33. The van der Waals surface area contributed by atoms with Gasteiger partial charge in [-0.05, 0) is 111 Å². The first-order chi connectivity index (χ1) is 15.0. The van der Waals surface area contributed by atoms with Gasteiger partial charge in [0, 0.05) is 0 Å². The predicted molar refractivity (Wildman–Crippen MR) is 154 cm³/mol. The van der Waals surface area contributed by atoms with Gasteiger partial charge in [-0.3, -0.25) is 0 Å². The molecule has 0 aliphatic carbocycles. The van der Waals surface area contributed by atoms with E-state index in [2.05, 4.69) is 123 Å².